The van der Waals surface area contributed by atoms with E-state index in [0.29, 0.717) is 29.4 Å². The summed E-state index contributed by atoms with van der Waals surface area (Å²) in [6.07, 6.45) is -0.426. The van der Waals surface area contributed by atoms with E-state index in [4.69, 9.17) is 9.47 Å². The predicted octanol–water partition coefficient (Wildman–Crippen LogP) is 3.65. The lowest BCUT2D eigenvalue weighted by atomic mass is 10.2. The van der Waals surface area contributed by atoms with Gasteiger partial charge < -0.3 is 19.7 Å². The number of carbonyl (C=O) groups excluding carboxylic acids is 3. The molecule has 0 unspecified atom stereocenters. The van der Waals surface area contributed by atoms with Crippen LogP contribution in [-0.2, 0) is 14.3 Å². The summed E-state index contributed by atoms with van der Waals surface area (Å²) in [4.78, 5) is 37.9. The number of carbonyl (C=O) groups is 3. The minimum absolute atomic E-state index is 0.0424. The summed E-state index contributed by atoms with van der Waals surface area (Å²) in [5.41, 5.74) is 1.71. The van der Waals surface area contributed by atoms with E-state index in [1.807, 2.05) is 26.0 Å². The Morgan fingerprint density at radius 3 is 2.60 bits per heavy atom. The fourth-order valence-electron chi connectivity index (χ4n) is 2.91. The van der Waals surface area contributed by atoms with Crippen molar-refractivity contribution < 1.29 is 23.9 Å². The average molecular weight is 411 g/mol. The van der Waals surface area contributed by atoms with Gasteiger partial charge in [-0.05, 0) is 36.2 Å². The maximum absolute atomic E-state index is 12.4. The molecule has 2 N–H and O–H groups in total. The Kier molecular flexibility index (Phi) is 6.90. The molecule has 0 aromatic heterocycles. The summed E-state index contributed by atoms with van der Waals surface area (Å²) >= 11 is 0. The van der Waals surface area contributed by atoms with Crippen molar-refractivity contribution in [3.05, 3.63) is 48.5 Å². The number of benzene rings is 2. The van der Waals surface area contributed by atoms with Gasteiger partial charge in [0.25, 0.3) is 5.91 Å². The SMILES string of the molecule is CC(C)COC(=O)Nc1cccc(NC(=O)CCN2C(=O)COc3ccccc32)c1. The number of rotatable bonds is 7. The zero-order valence-corrected chi connectivity index (χ0v) is 17.0. The molecule has 0 bridgehead atoms. The molecular formula is C22H25N3O5. The van der Waals surface area contributed by atoms with Gasteiger partial charge in [0.1, 0.15) is 5.75 Å². The van der Waals surface area contributed by atoms with Gasteiger partial charge in [-0.2, -0.15) is 0 Å². The number of nitrogens with zero attached hydrogens (tertiary/aromatic N) is 1. The lowest BCUT2D eigenvalue weighted by Gasteiger charge is -2.29. The second-order valence-electron chi connectivity index (χ2n) is 7.30. The maximum atomic E-state index is 12.4. The molecule has 0 saturated carbocycles. The van der Waals surface area contributed by atoms with Crippen molar-refractivity contribution in [3.8, 4) is 5.75 Å². The molecule has 0 atom stereocenters. The second kappa shape index (κ2) is 9.78. The predicted molar refractivity (Wildman–Crippen MR) is 114 cm³/mol. The summed E-state index contributed by atoms with van der Waals surface area (Å²) in [5, 5.41) is 5.42. The lowest BCUT2D eigenvalue weighted by molar-refractivity contribution is -0.121. The Bertz CT molecular complexity index is 928. The third-order valence-corrected chi connectivity index (χ3v) is 4.31. The molecule has 1 aliphatic heterocycles. The standard InChI is InChI=1S/C22H25N3O5/c1-15(2)13-30-22(28)24-17-7-5-6-16(12-17)23-20(26)10-11-25-18-8-3-4-9-19(18)29-14-21(25)27/h3-9,12,15H,10-11,13-14H2,1-2H3,(H,23,26)(H,24,28). The molecule has 30 heavy (non-hydrogen) atoms. The van der Waals surface area contributed by atoms with E-state index < -0.39 is 6.09 Å². The average Bonchev–Trinajstić information content (AvgIpc) is 2.72. The van der Waals surface area contributed by atoms with Crippen molar-refractivity contribution in [2.75, 3.05) is 35.3 Å². The van der Waals surface area contributed by atoms with Crippen molar-refractivity contribution >= 4 is 35.0 Å². The van der Waals surface area contributed by atoms with Crippen molar-refractivity contribution in [3.63, 3.8) is 0 Å². The van der Waals surface area contributed by atoms with Crippen LogP contribution >= 0.6 is 0 Å². The number of amides is 3. The van der Waals surface area contributed by atoms with E-state index in [0.717, 1.165) is 0 Å². The fraction of sp³-hybridized carbons (Fsp3) is 0.318. The second-order valence-corrected chi connectivity index (χ2v) is 7.30. The first kappa shape index (κ1) is 21.2. The highest BCUT2D eigenvalue weighted by Gasteiger charge is 2.25. The summed E-state index contributed by atoms with van der Waals surface area (Å²) in [6.45, 7) is 4.43. The van der Waals surface area contributed by atoms with Crippen molar-refractivity contribution in [1.82, 2.24) is 0 Å². The van der Waals surface area contributed by atoms with Gasteiger partial charge in [0.05, 0.1) is 12.3 Å². The highest BCUT2D eigenvalue weighted by molar-refractivity contribution is 5.99. The van der Waals surface area contributed by atoms with Crippen LogP contribution in [0.15, 0.2) is 48.5 Å². The van der Waals surface area contributed by atoms with E-state index in [9.17, 15) is 14.4 Å². The Labute approximate surface area is 175 Å². The Hall–Kier alpha value is -3.55. The first-order valence-electron chi connectivity index (χ1n) is 9.78. The minimum Gasteiger partial charge on any atom is -0.482 e. The van der Waals surface area contributed by atoms with Gasteiger partial charge in [-0.3, -0.25) is 14.9 Å². The molecule has 2 aromatic carbocycles. The van der Waals surface area contributed by atoms with Crippen molar-refractivity contribution in [2.24, 2.45) is 5.92 Å². The number of anilines is 3. The van der Waals surface area contributed by atoms with Crippen LogP contribution in [0.5, 0.6) is 5.75 Å². The highest BCUT2D eigenvalue weighted by atomic mass is 16.5. The van der Waals surface area contributed by atoms with E-state index in [-0.39, 0.29) is 37.3 Å². The van der Waals surface area contributed by atoms with Gasteiger partial charge in [-0.25, -0.2) is 4.79 Å². The van der Waals surface area contributed by atoms with Crippen LogP contribution in [0, 0.1) is 5.92 Å². The molecule has 0 spiro atoms. The van der Waals surface area contributed by atoms with Crippen LogP contribution in [0.1, 0.15) is 20.3 Å². The molecular weight excluding hydrogens is 386 g/mol. The molecule has 8 nitrogen and oxygen atoms in total. The number of fused-ring (bicyclic) bond motifs is 1. The fourth-order valence-corrected chi connectivity index (χ4v) is 2.91. The smallest absolute Gasteiger partial charge is 0.411 e. The molecule has 2 aromatic rings. The number of nitrogens with one attached hydrogen (secondary N) is 2. The van der Waals surface area contributed by atoms with Gasteiger partial charge >= 0.3 is 6.09 Å². The maximum Gasteiger partial charge on any atom is 0.411 e. The zero-order chi connectivity index (χ0) is 21.5. The van der Waals surface area contributed by atoms with Gasteiger partial charge in [-0.1, -0.05) is 32.0 Å². The van der Waals surface area contributed by atoms with E-state index in [1.54, 1.807) is 41.3 Å². The van der Waals surface area contributed by atoms with Crippen LogP contribution in [0.25, 0.3) is 0 Å². The Morgan fingerprint density at radius 2 is 1.83 bits per heavy atom. The third kappa shape index (κ3) is 5.73. The van der Waals surface area contributed by atoms with Crippen LogP contribution in [0.3, 0.4) is 0 Å². The first-order chi connectivity index (χ1) is 14.4. The Morgan fingerprint density at radius 1 is 1.10 bits per heavy atom. The summed E-state index contributed by atoms with van der Waals surface area (Å²) in [5.74, 6) is 0.436. The number of hydrogen-bond acceptors (Lipinski definition) is 5. The van der Waals surface area contributed by atoms with Gasteiger partial charge in [0.15, 0.2) is 6.61 Å². The number of para-hydroxylation sites is 2. The number of ether oxygens (including phenoxy) is 2. The molecule has 0 radical (unpaired) electrons. The molecule has 1 aliphatic rings. The Balaban J connectivity index is 1.54. The largest absolute Gasteiger partial charge is 0.482 e. The first-order valence-corrected chi connectivity index (χ1v) is 9.78. The molecule has 0 aliphatic carbocycles. The molecule has 158 valence electrons. The van der Waals surface area contributed by atoms with Crippen molar-refractivity contribution in [2.45, 2.75) is 20.3 Å². The zero-order valence-electron chi connectivity index (χ0n) is 17.0. The summed E-state index contributed by atoms with van der Waals surface area (Å²) < 4.78 is 10.5. The van der Waals surface area contributed by atoms with Crippen LogP contribution < -0.4 is 20.3 Å². The minimum atomic E-state index is -0.545. The number of hydrogen-bond donors (Lipinski definition) is 2. The molecule has 0 saturated heterocycles. The highest BCUT2D eigenvalue weighted by Crippen LogP contribution is 2.31. The van der Waals surface area contributed by atoms with Crippen LogP contribution in [-0.4, -0.2) is 37.7 Å². The topological polar surface area (TPSA) is 97.0 Å². The summed E-state index contributed by atoms with van der Waals surface area (Å²) in [6, 6.07) is 14.0. The van der Waals surface area contributed by atoms with Crippen LogP contribution in [0.4, 0.5) is 21.9 Å². The van der Waals surface area contributed by atoms with E-state index >= 15 is 0 Å². The molecule has 3 rings (SSSR count). The van der Waals surface area contributed by atoms with Gasteiger partial charge in [0.2, 0.25) is 5.91 Å². The normalized spacial score (nSPS) is 12.8. The summed E-state index contributed by atoms with van der Waals surface area (Å²) in [7, 11) is 0. The van der Waals surface area contributed by atoms with Crippen molar-refractivity contribution in [1.29, 1.82) is 0 Å². The quantitative estimate of drug-likeness (QED) is 0.725. The van der Waals surface area contributed by atoms with Gasteiger partial charge in [0, 0.05) is 24.3 Å². The molecule has 1 heterocycles. The molecule has 8 heteroatoms. The van der Waals surface area contributed by atoms with Gasteiger partial charge in [-0.15, -0.1) is 0 Å². The third-order valence-electron chi connectivity index (χ3n) is 4.31. The molecule has 3 amide bonds. The van der Waals surface area contributed by atoms with Crippen LogP contribution in [0.2, 0.25) is 0 Å². The van der Waals surface area contributed by atoms with E-state index in [1.165, 1.54) is 0 Å². The lowest BCUT2D eigenvalue weighted by Crippen LogP contribution is -2.40. The van der Waals surface area contributed by atoms with E-state index in [2.05, 4.69) is 10.6 Å². The monoisotopic (exact) mass is 411 g/mol. The molecule has 0 fully saturated rings.